The minimum atomic E-state index is -3.91. The maximum absolute atomic E-state index is 12.9. The first-order valence-corrected chi connectivity index (χ1v) is 12.5. The Kier molecular flexibility index (Phi) is 7.48. The SMILES string of the molecule is COC(=O)CSc1nnc(NC(=O)c2ccc(C)c(S(=O)(=O)Nc3cccc(C)c3)c2)s1. The lowest BCUT2D eigenvalue weighted by Gasteiger charge is -2.12. The summed E-state index contributed by atoms with van der Waals surface area (Å²) >= 11 is 2.23. The van der Waals surface area contributed by atoms with Gasteiger partial charge in [0.2, 0.25) is 5.13 Å². The number of hydrogen-bond donors (Lipinski definition) is 2. The van der Waals surface area contributed by atoms with Gasteiger partial charge in [-0.05, 0) is 49.2 Å². The Balaban J connectivity index is 1.75. The Morgan fingerprint density at radius 3 is 2.62 bits per heavy atom. The highest BCUT2D eigenvalue weighted by atomic mass is 32.2. The van der Waals surface area contributed by atoms with Crippen LogP contribution in [-0.2, 0) is 19.6 Å². The van der Waals surface area contributed by atoms with E-state index in [-0.39, 0.29) is 21.3 Å². The van der Waals surface area contributed by atoms with Crippen LogP contribution >= 0.6 is 23.1 Å². The summed E-state index contributed by atoms with van der Waals surface area (Å²) in [7, 11) is -2.61. The third-order valence-corrected chi connectivity index (χ3v) is 7.65. The van der Waals surface area contributed by atoms with Crippen molar-refractivity contribution in [2.75, 3.05) is 22.9 Å². The van der Waals surface area contributed by atoms with Crippen LogP contribution in [0, 0.1) is 13.8 Å². The Hall–Kier alpha value is -2.96. The molecule has 9 nitrogen and oxygen atoms in total. The Labute approximate surface area is 193 Å². The summed E-state index contributed by atoms with van der Waals surface area (Å²) in [5, 5.41) is 10.6. The van der Waals surface area contributed by atoms with Gasteiger partial charge in [0.15, 0.2) is 4.34 Å². The van der Waals surface area contributed by atoms with Gasteiger partial charge in [0.05, 0.1) is 17.8 Å². The summed E-state index contributed by atoms with van der Waals surface area (Å²) in [6.07, 6.45) is 0. The molecule has 0 unspecified atom stereocenters. The van der Waals surface area contributed by atoms with Crippen LogP contribution in [0.5, 0.6) is 0 Å². The summed E-state index contributed by atoms with van der Waals surface area (Å²) in [6, 6.07) is 11.4. The van der Waals surface area contributed by atoms with Crippen LogP contribution in [0.2, 0.25) is 0 Å². The summed E-state index contributed by atoms with van der Waals surface area (Å²) in [4.78, 5) is 23.9. The predicted octanol–water partition coefficient (Wildman–Crippen LogP) is 3.47. The second-order valence-corrected chi connectivity index (χ2v) is 10.5. The van der Waals surface area contributed by atoms with Gasteiger partial charge >= 0.3 is 5.97 Å². The number of carbonyl (C=O) groups excluding carboxylic acids is 2. The molecule has 1 heterocycles. The quantitative estimate of drug-likeness (QED) is 0.278. The van der Waals surface area contributed by atoms with Gasteiger partial charge in [-0.3, -0.25) is 19.6 Å². The number of benzene rings is 2. The van der Waals surface area contributed by atoms with Crippen molar-refractivity contribution in [2.24, 2.45) is 0 Å². The second kappa shape index (κ2) is 10.1. The summed E-state index contributed by atoms with van der Waals surface area (Å²) in [5.74, 6) is -0.854. The molecular formula is C20H20N4O5S3. The molecule has 12 heteroatoms. The average Bonchev–Trinajstić information content (AvgIpc) is 3.19. The minimum Gasteiger partial charge on any atom is -0.468 e. The van der Waals surface area contributed by atoms with E-state index in [9.17, 15) is 18.0 Å². The van der Waals surface area contributed by atoms with Crippen molar-refractivity contribution in [3.05, 3.63) is 59.2 Å². The molecule has 168 valence electrons. The molecule has 2 N–H and O–H groups in total. The first-order chi connectivity index (χ1) is 15.2. The highest BCUT2D eigenvalue weighted by Gasteiger charge is 2.20. The van der Waals surface area contributed by atoms with E-state index >= 15 is 0 Å². The molecule has 0 aliphatic rings. The first-order valence-electron chi connectivity index (χ1n) is 9.22. The molecule has 2 aromatic carbocycles. The van der Waals surface area contributed by atoms with E-state index in [1.54, 1.807) is 31.2 Å². The van der Waals surface area contributed by atoms with Gasteiger partial charge in [0, 0.05) is 11.3 Å². The molecule has 0 aliphatic carbocycles. The average molecular weight is 493 g/mol. The standard InChI is InChI=1S/C20H20N4O5S3/c1-12-5-4-6-15(9-12)24-32(27,28)16-10-14(8-7-13(16)2)18(26)21-19-22-23-20(31-19)30-11-17(25)29-3/h4-10,24H,11H2,1-3H3,(H,21,22,26). The van der Waals surface area contributed by atoms with Crippen molar-refractivity contribution in [2.45, 2.75) is 23.1 Å². The van der Waals surface area contributed by atoms with Crippen LogP contribution in [-0.4, -0.2) is 43.4 Å². The van der Waals surface area contributed by atoms with Gasteiger partial charge in [0.1, 0.15) is 0 Å². The van der Waals surface area contributed by atoms with Gasteiger partial charge in [0.25, 0.3) is 15.9 Å². The van der Waals surface area contributed by atoms with E-state index < -0.39 is 21.9 Å². The number of esters is 1. The van der Waals surface area contributed by atoms with Crippen LogP contribution in [0.1, 0.15) is 21.5 Å². The molecule has 0 radical (unpaired) electrons. The number of carbonyl (C=O) groups is 2. The fraction of sp³-hybridized carbons (Fsp3) is 0.200. The molecule has 3 rings (SSSR count). The number of anilines is 2. The molecule has 3 aromatic rings. The maximum atomic E-state index is 12.9. The van der Waals surface area contributed by atoms with Crippen molar-refractivity contribution in [3.8, 4) is 0 Å². The Bertz CT molecular complexity index is 1260. The zero-order valence-corrected chi connectivity index (χ0v) is 19.9. The number of rotatable bonds is 8. The maximum Gasteiger partial charge on any atom is 0.316 e. The molecule has 0 spiro atoms. The lowest BCUT2D eigenvalue weighted by atomic mass is 10.1. The van der Waals surface area contributed by atoms with Gasteiger partial charge in [-0.2, -0.15) is 0 Å². The number of hydrogen-bond acceptors (Lipinski definition) is 9. The highest BCUT2D eigenvalue weighted by molar-refractivity contribution is 8.01. The molecule has 1 amide bonds. The van der Waals surface area contributed by atoms with Crippen LogP contribution < -0.4 is 10.0 Å². The molecule has 32 heavy (non-hydrogen) atoms. The van der Waals surface area contributed by atoms with Crippen molar-refractivity contribution >= 4 is 55.8 Å². The number of thioether (sulfide) groups is 1. The van der Waals surface area contributed by atoms with E-state index in [0.29, 0.717) is 15.6 Å². The summed E-state index contributed by atoms with van der Waals surface area (Å²) < 4.78 is 33.4. The number of aryl methyl sites for hydroxylation is 2. The van der Waals surface area contributed by atoms with Gasteiger partial charge < -0.3 is 4.74 Å². The zero-order chi connectivity index (χ0) is 23.3. The van der Waals surface area contributed by atoms with E-state index in [1.807, 2.05) is 13.0 Å². The summed E-state index contributed by atoms with van der Waals surface area (Å²) in [6.45, 7) is 3.52. The zero-order valence-electron chi connectivity index (χ0n) is 17.4. The molecule has 0 saturated heterocycles. The van der Waals surface area contributed by atoms with E-state index in [2.05, 4.69) is 25.0 Å². The van der Waals surface area contributed by atoms with Crippen LogP contribution in [0.3, 0.4) is 0 Å². The lowest BCUT2D eigenvalue weighted by molar-refractivity contribution is -0.137. The van der Waals surface area contributed by atoms with Crippen LogP contribution in [0.15, 0.2) is 51.7 Å². The monoisotopic (exact) mass is 492 g/mol. The lowest BCUT2D eigenvalue weighted by Crippen LogP contribution is -2.17. The molecule has 1 aromatic heterocycles. The molecular weight excluding hydrogens is 472 g/mol. The van der Waals surface area contributed by atoms with E-state index in [0.717, 1.165) is 28.7 Å². The largest absolute Gasteiger partial charge is 0.468 e. The number of ether oxygens (including phenoxy) is 1. The fourth-order valence-corrected chi connectivity index (χ4v) is 5.52. The third kappa shape index (κ3) is 6.05. The molecule has 0 fully saturated rings. The van der Waals surface area contributed by atoms with Gasteiger partial charge in [-0.25, -0.2) is 8.42 Å². The van der Waals surface area contributed by atoms with E-state index in [4.69, 9.17) is 0 Å². The highest BCUT2D eigenvalue weighted by Crippen LogP contribution is 2.26. The number of sulfonamides is 1. The first kappa shape index (κ1) is 23.7. The molecule has 0 aliphatic heterocycles. The number of nitrogens with zero attached hydrogens (tertiary/aromatic N) is 2. The number of nitrogens with one attached hydrogen (secondary N) is 2. The predicted molar refractivity (Wildman–Crippen MR) is 124 cm³/mol. The number of aromatic nitrogens is 2. The van der Waals surface area contributed by atoms with Gasteiger partial charge in [-0.1, -0.05) is 41.3 Å². The normalized spacial score (nSPS) is 11.1. The Morgan fingerprint density at radius 2 is 1.91 bits per heavy atom. The van der Waals surface area contributed by atoms with Crippen molar-refractivity contribution < 1.29 is 22.7 Å². The van der Waals surface area contributed by atoms with E-state index in [1.165, 1.54) is 19.2 Å². The third-order valence-electron chi connectivity index (χ3n) is 4.18. The smallest absolute Gasteiger partial charge is 0.316 e. The molecule has 0 bridgehead atoms. The van der Waals surface area contributed by atoms with Crippen LogP contribution in [0.25, 0.3) is 0 Å². The van der Waals surface area contributed by atoms with Crippen molar-refractivity contribution in [1.82, 2.24) is 10.2 Å². The molecule has 0 saturated carbocycles. The topological polar surface area (TPSA) is 127 Å². The van der Waals surface area contributed by atoms with Gasteiger partial charge in [-0.15, -0.1) is 10.2 Å². The number of methoxy groups -OCH3 is 1. The second-order valence-electron chi connectivity index (χ2n) is 6.65. The Morgan fingerprint density at radius 1 is 1.12 bits per heavy atom. The van der Waals surface area contributed by atoms with Crippen molar-refractivity contribution in [3.63, 3.8) is 0 Å². The van der Waals surface area contributed by atoms with Crippen LogP contribution in [0.4, 0.5) is 10.8 Å². The van der Waals surface area contributed by atoms with Crippen molar-refractivity contribution in [1.29, 1.82) is 0 Å². The minimum absolute atomic E-state index is 0.00163. The fourth-order valence-electron chi connectivity index (χ4n) is 2.62. The summed E-state index contributed by atoms with van der Waals surface area (Å²) in [5.41, 5.74) is 2.00. The number of amides is 1. The molecule has 0 atom stereocenters.